The first-order valence-electron chi connectivity index (χ1n) is 4.56. The largest absolute Gasteiger partial charge is 0.370 e. The summed E-state index contributed by atoms with van der Waals surface area (Å²) in [6.07, 6.45) is 2.53. The van der Waals surface area contributed by atoms with E-state index >= 15 is 0 Å². The summed E-state index contributed by atoms with van der Waals surface area (Å²) in [7, 11) is 0. The van der Waals surface area contributed by atoms with Crippen LogP contribution < -0.4 is 11.1 Å². The van der Waals surface area contributed by atoms with Gasteiger partial charge in [-0.2, -0.15) is 0 Å². The minimum atomic E-state index is -0.00671. The SMILES string of the molecule is N=C(N)NCCCN1CCCC1=O. The van der Waals surface area contributed by atoms with Crippen molar-refractivity contribution in [3.05, 3.63) is 0 Å². The lowest BCUT2D eigenvalue weighted by molar-refractivity contribution is -0.127. The molecule has 5 heteroatoms. The topological polar surface area (TPSA) is 82.2 Å². The van der Waals surface area contributed by atoms with E-state index in [1.165, 1.54) is 0 Å². The molecule has 0 atom stereocenters. The fourth-order valence-electron chi connectivity index (χ4n) is 1.43. The van der Waals surface area contributed by atoms with Gasteiger partial charge in [0.05, 0.1) is 0 Å². The molecule has 0 aromatic heterocycles. The van der Waals surface area contributed by atoms with Crippen LogP contribution in [-0.2, 0) is 4.79 Å². The van der Waals surface area contributed by atoms with E-state index in [1.54, 1.807) is 0 Å². The van der Waals surface area contributed by atoms with Crippen molar-refractivity contribution in [1.29, 1.82) is 5.41 Å². The first kappa shape index (κ1) is 9.83. The van der Waals surface area contributed by atoms with Crippen molar-refractivity contribution in [3.63, 3.8) is 0 Å². The Balaban J connectivity index is 2.05. The number of nitrogens with one attached hydrogen (secondary N) is 2. The molecule has 1 amide bonds. The maximum absolute atomic E-state index is 11.1. The van der Waals surface area contributed by atoms with Crippen molar-refractivity contribution in [2.45, 2.75) is 19.3 Å². The van der Waals surface area contributed by atoms with E-state index in [0.29, 0.717) is 13.0 Å². The molecule has 0 spiro atoms. The zero-order chi connectivity index (χ0) is 9.68. The number of nitrogens with zero attached hydrogens (tertiary/aromatic N) is 1. The van der Waals surface area contributed by atoms with Crippen LogP contribution in [-0.4, -0.2) is 36.4 Å². The number of carbonyl (C=O) groups is 1. The zero-order valence-electron chi connectivity index (χ0n) is 7.68. The van der Waals surface area contributed by atoms with Crippen molar-refractivity contribution < 1.29 is 4.79 Å². The third-order valence-corrected chi connectivity index (χ3v) is 2.09. The lowest BCUT2D eigenvalue weighted by Gasteiger charge is -2.15. The van der Waals surface area contributed by atoms with Crippen molar-refractivity contribution in [2.24, 2.45) is 5.73 Å². The highest BCUT2D eigenvalue weighted by atomic mass is 16.2. The molecule has 13 heavy (non-hydrogen) atoms. The molecular weight excluding hydrogens is 168 g/mol. The number of likely N-dealkylation sites (tertiary alicyclic amines) is 1. The number of amides is 1. The number of guanidine groups is 1. The van der Waals surface area contributed by atoms with Crippen LogP contribution in [0.5, 0.6) is 0 Å². The second-order valence-corrected chi connectivity index (χ2v) is 3.18. The summed E-state index contributed by atoms with van der Waals surface area (Å²) in [6.45, 7) is 2.33. The first-order chi connectivity index (χ1) is 6.20. The number of carbonyl (C=O) groups excluding carboxylic acids is 1. The van der Waals surface area contributed by atoms with E-state index in [0.717, 1.165) is 25.9 Å². The summed E-state index contributed by atoms with van der Waals surface area (Å²) < 4.78 is 0. The van der Waals surface area contributed by atoms with Gasteiger partial charge in [-0.15, -0.1) is 0 Å². The lowest BCUT2D eigenvalue weighted by Crippen LogP contribution is -2.33. The van der Waals surface area contributed by atoms with Gasteiger partial charge in [-0.1, -0.05) is 0 Å². The molecule has 0 saturated carbocycles. The van der Waals surface area contributed by atoms with Crippen molar-refractivity contribution in [3.8, 4) is 0 Å². The van der Waals surface area contributed by atoms with Gasteiger partial charge < -0.3 is 16.0 Å². The third kappa shape index (κ3) is 3.31. The summed E-state index contributed by atoms with van der Waals surface area (Å²) in [6, 6.07) is 0. The van der Waals surface area contributed by atoms with Gasteiger partial charge in [0.1, 0.15) is 0 Å². The molecular formula is C8H16N4O. The summed E-state index contributed by atoms with van der Waals surface area (Å²) >= 11 is 0. The smallest absolute Gasteiger partial charge is 0.222 e. The molecule has 4 N–H and O–H groups in total. The summed E-state index contributed by atoms with van der Waals surface area (Å²) in [5.41, 5.74) is 5.11. The monoisotopic (exact) mass is 184 g/mol. The van der Waals surface area contributed by atoms with Gasteiger partial charge in [-0.05, 0) is 12.8 Å². The Labute approximate surface area is 77.8 Å². The summed E-state index contributed by atoms with van der Waals surface area (Å²) in [4.78, 5) is 13.0. The Morgan fingerprint density at radius 1 is 1.69 bits per heavy atom. The molecule has 0 aromatic carbocycles. The van der Waals surface area contributed by atoms with E-state index in [-0.39, 0.29) is 11.9 Å². The predicted molar refractivity (Wildman–Crippen MR) is 50.3 cm³/mol. The van der Waals surface area contributed by atoms with Gasteiger partial charge >= 0.3 is 0 Å². The molecule has 0 bridgehead atoms. The summed E-state index contributed by atoms with van der Waals surface area (Å²) in [5, 5.41) is 9.62. The molecule has 74 valence electrons. The number of nitrogens with two attached hydrogens (primary N) is 1. The number of rotatable bonds is 4. The molecule has 0 radical (unpaired) electrons. The van der Waals surface area contributed by atoms with Gasteiger partial charge in [-0.25, -0.2) is 0 Å². The second kappa shape index (κ2) is 4.69. The Morgan fingerprint density at radius 3 is 3.00 bits per heavy atom. The molecule has 1 aliphatic rings. The molecule has 1 saturated heterocycles. The van der Waals surface area contributed by atoms with Crippen LogP contribution in [0, 0.1) is 5.41 Å². The van der Waals surface area contributed by atoms with Crippen LogP contribution in [0.3, 0.4) is 0 Å². The highest BCUT2D eigenvalue weighted by Crippen LogP contribution is 2.08. The van der Waals surface area contributed by atoms with Crippen LogP contribution in [0.2, 0.25) is 0 Å². The van der Waals surface area contributed by atoms with E-state index < -0.39 is 0 Å². The molecule has 0 aliphatic carbocycles. The van der Waals surface area contributed by atoms with Gasteiger partial charge in [0.25, 0.3) is 0 Å². The molecule has 1 heterocycles. The van der Waals surface area contributed by atoms with Crippen LogP contribution in [0.15, 0.2) is 0 Å². The molecule has 1 aliphatic heterocycles. The predicted octanol–water partition coefficient (Wildman–Crippen LogP) is -0.518. The first-order valence-corrected chi connectivity index (χ1v) is 4.56. The van der Waals surface area contributed by atoms with Crippen LogP contribution in [0.1, 0.15) is 19.3 Å². The molecule has 0 aromatic rings. The fraction of sp³-hybridized carbons (Fsp3) is 0.750. The van der Waals surface area contributed by atoms with Gasteiger partial charge in [0, 0.05) is 26.1 Å². The maximum Gasteiger partial charge on any atom is 0.222 e. The third-order valence-electron chi connectivity index (χ3n) is 2.09. The van der Waals surface area contributed by atoms with Crippen molar-refractivity contribution >= 4 is 11.9 Å². The quantitative estimate of drug-likeness (QED) is 0.312. The Bertz CT molecular complexity index is 204. The minimum absolute atomic E-state index is 0.00671. The highest BCUT2D eigenvalue weighted by Gasteiger charge is 2.18. The normalized spacial score (nSPS) is 16.3. The van der Waals surface area contributed by atoms with Crippen LogP contribution in [0.25, 0.3) is 0 Å². The average molecular weight is 184 g/mol. The molecule has 0 unspecified atom stereocenters. The van der Waals surface area contributed by atoms with E-state index in [9.17, 15) is 4.79 Å². The van der Waals surface area contributed by atoms with Crippen LogP contribution in [0.4, 0.5) is 0 Å². The Kier molecular flexibility index (Phi) is 3.54. The lowest BCUT2D eigenvalue weighted by atomic mass is 10.4. The number of hydrogen-bond acceptors (Lipinski definition) is 2. The van der Waals surface area contributed by atoms with E-state index in [1.807, 2.05) is 4.90 Å². The number of hydrogen-bond donors (Lipinski definition) is 3. The fourth-order valence-corrected chi connectivity index (χ4v) is 1.43. The average Bonchev–Trinajstić information content (AvgIpc) is 2.45. The second-order valence-electron chi connectivity index (χ2n) is 3.18. The van der Waals surface area contributed by atoms with Gasteiger partial charge in [0.15, 0.2) is 5.96 Å². The van der Waals surface area contributed by atoms with Gasteiger partial charge in [-0.3, -0.25) is 10.2 Å². The van der Waals surface area contributed by atoms with E-state index in [2.05, 4.69) is 5.32 Å². The molecule has 1 rings (SSSR count). The van der Waals surface area contributed by atoms with E-state index in [4.69, 9.17) is 11.1 Å². The molecule has 5 nitrogen and oxygen atoms in total. The Morgan fingerprint density at radius 2 is 2.46 bits per heavy atom. The highest BCUT2D eigenvalue weighted by molar-refractivity contribution is 5.78. The van der Waals surface area contributed by atoms with Crippen molar-refractivity contribution in [2.75, 3.05) is 19.6 Å². The van der Waals surface area contributed by atoms with Gasteiger partial charge in [0.2, 0.25) is 5.91 Å². The standard InChI is InChI=1S/C8H16N4O/c9-8(10)11-4-2-6-12-5-1-3-7(12)13/h1-6H2,(H4,9,10,11). The Hall–Kier alpha value is -1.26. The van der Waals surface area contributed by atoms with Crippen LogP contribution >= 0.6 is 0 Å². The zero-order valence-corrected chi connectivity index (χ0v) is 7.68. The minimum Gasteiger partial charge on any atom is -0.370 e. The molecule has 1 fully saturated rings. The summed E-state index contributed by atoms with van der Waals surface area (Å²) in [5.74, 6) is 0.246. The van der Waals surface area contributed by atoms with Crippen molar-refractivity contribution in [1.82, 2.24) is 10.2 Å². The maximum atomic E-state index is 11.1.